The zero-order valence-electron chi connectivity index (χ0n) is 15.9. The molecule has 0 radical (unpaired) electrons. The van der Waals surface area contributed by atoms with E-state index in [0.29, 0.717) is 17.7 Å². The summed E-state index contributed by atoms with van der Waals surface area (Å²) in [6, 6.07) is 17.1. The number of rotatable bonds is 5. The van der Waals surface area contributed by atoms with Gasteiger partial charge in [-0.05, 0) is 59.2 Å². The Balaban J connectivity index is 1.83. The molecule has 0 unspecified atom stereocenters. The molecular formula is C23H20N3O3-. The lowest BCUT2D eigenvalue weighted by molar-refractivity contribution is -0.250. The molecule has 146 valence electrons. The highest BCUT2D eigenvalue weighted by atomic mass is 16.5. The molecule has 0 aliphatic carbocycles. The minimum absolute atomic E-state index is 0.0425. The summed E-state index contributed by atoms with van der Waals surface area (Å²) in [5, 5.41) is 22.3. The van der Waals surface area contributed by atoms with Crippen molar-refractivity contribution < 1.29 is 14.6 Å². The number of fused-ring (bicyclic) bond motifs is 1. The molecule has 3 rings (SSSR count). The molecule has 0 fully saturated rings. The molecule has 1 amide bonds. The largest absolute Gasteiger partial charge is 0.530 e. The number of ether oxygens (including phenoxy) is 1. The number of carboxylic acid groups (broad SMARTS) is 1. The molecule has 29 heavy (non-hydrogen) atoms. The van der Waals surface area contributed by atoms with Crippen molar-refractivity contribution >= 4 is 22.7 Å². The van der Waals surface area contributed by atoms with Crippen LogP contribution in [-0.4, -0.2) is 25.6 Å². The van der Waals surface area contributed by atoms with E-state index in [0.717, 1.165) is 27.5 Å². The number of nitrogens with one attached hydrogen (secondary N) is 2. The number of benzene rings is 3. The van der Waals surface area contributed by atoms with Crippen molar-refractivity contribution in [1.29, 1.82) is 5.41 Å². The van der Waals surface area contributed by atoms with Gasteiger partial charge in [-0.1, -0.05) is 30.0 Å². The summed E-state index contributed by atoms with van der Waals surface area (Å²) in [7, 11) is 1.57. The van der Waals surface area contributed by atoms with Gasteiger partial charge in [-0.15, -0.1) is 0 Å². The van der Waals surface area contributed by atoms with Crippen LogP contribution in [0.4, 0.5) is 4.79 Å². The van der Waals surface area contributed by atoms with Crippen LogP contribution in [-0.2, 0) is 6.42 Å². The summed E-state index contributed by atoms with van der Waals surface area (Å²) in [4.78, 5) is 10.5. The monoisotopic (exact) mass is 386 g/mol. The SMILES string of the molecule is COc1ccc(C#Cc2ccc3cc(C(=N)N)ccc3c2)cc1CCNC(=O)[O-]. The number of hydrogen-bond acceptors (Lipinski definition) is 4. The van der Waals surface area contributed by atoms with Crippen LogP contribution in [0.1, 0.15) is 22.3 Å². The highest BCUT2D eigenvalue weighted by Gasteiger charge is 2.04. The van der Waals surface area contributed by atoms with Crippen molar-refractivity contribution in [3.05, 3.63) is 76.9 Å². The van der Waals surface area contributed by atoms with Crippen molar-refractivity contribution in [2.24, 2.45) is 5.73 Å². The van der Waals surface area contributed by atoms with E-state index in [2.05, 4.69) is 17.2 Å². The third-order valence-electron chi connectivity index (χ3n) is 4.45. The topological polar surface area (TPSA) is 111 Å². The van der Waals surface area contributed by atoms with Gasteiger partial charge in [-0.3, -0.25) is 5.41 Å². The lowest BCUT2D eigenvalue weighted by Crippen LogP contribution is -2.37. The van der Waals surface area contributed by atoms with Gasteiger partial charge in [-0.25, -0.2) is 0 Å². The van der Waals surface area contributed by atoms with E-state index >= 15 is 0 Å². The zero-order valence-corrected chi connectivity index (χ0v) is 15.9. The van der Waals surface area contributed by atoms with Crippen molar-refractivity contribution in [2.45, 2.75) is 6.42 Å². The molecule has 0 spiro atoms. The Hall–Kier alpha value is -3.98. The van der Waals surface area contributed by atoms with Gasteiger partial charge in [0.1, 0.15) is 17.7 Å². The van der Waals surface area contributed by atoms with E-state index in [4.69, 9.17) is 15.9 Å². The van der Waals surface area contributed by atoms with E-state index in [1.807, 2.05) is 54.6 Å². The minimum Gasteiger partial charge on any atom is -0.530 e. The standard InChI is InChI=1S/C23H21N3O3/c1-29-21-9-5-16(13-19(21)10-11-26-23(27)28)3-2-15-4-6-18-14-20(22(24)25)8-7-17(18)12-15/h4-9,12-14,26H,10-11H2,1H3,(H3,24,25)(H,27,28)/p-1. The van der Waals surface area contributed by atoms with E-state index in [-0.39, 0.29) is 12.4 Å². The van der Waals surface area contributed by atoms with Crippen molar-refractivity contribution in [3.63, 3.8) is 0 Å². The van der Waals surface area contributed by atoms with Gasteiger partial charge in [0.15, 0.2) is 0 Å². The Morgan fingerprint density at radius 2 is 1.72 bits per heavy atom. The summed E-state index contributed by atoms with van der Waals surface area (Å²) in [5.74, 6) is 7.01. The smallest absolute Gasteiger partial charge is 0.134 e. The number of carbonyl (C=O) groups is 1. The number of hydrogen-bond donors (Lipinski definition) is 3. The molecule has 0 aliphatic heterocycles. The van der Waals surface area contributed by atoms with Crippen molar-refractivity contribution in [3.8, 4) is 17.6 Å². The molecular weight excluding hydrogens is 366 g/mol. The minimum atomic E-state index is -1.30. The molecule has 6 heteroatoms. The first-order chi connectivity index (χ1) is 14.0. The fourth-order valence-corrected chi connectivity index (χ4v) is 2.99. The third kappa shape index (κ3) is 5.05. The first kappa shape index (κ1) is 19.8. The molecule has 6 nitrogen and oxygen atoms in total. The second-order valence-electron chi connectivity index (χ2n) is 6.43. The number of amidine groups is 1. The predicted octanol–water partition coefficient (Wildman–Crippen LogP) is 2.01. The molecule has 0 bridgehead atoms. The number of carbonyl (C=O) groups excluding carboxylic acids is 1. The zero-order chi connectivity index (χ0) is 20.8. The maximum Gasteiger partial charge on any atom is 0.134 e. The van der Waals surface area contributed by atoms with Gasteiger partial charge in [0.05, 0.1) is 7.11 Å². The van der Waals surface area contributed by atoms with Crippen molar-refractivity contribution in [2.75, 3.05) is 13.7 Å². The molecule has 0 atom stereocenters. The van der Waals surface area contributed by atoms with Crippen LogP contribution < -0.4 is 20.9 Å². The Bertz CT molecular complexity index is 1140. The number of nitrogen functional groups attached to an aromatic ring is 1. The van der Waals surface area contributed by atoms with Crippen LogP contribution in [0.25, 0.3) is 10.8 Å². The lowest BCUT2D eigenvalue weighted by atomic mass is 10.0. The van der Waals surface area contributed by atoms with Gasteiger partial charge in [0.25, 0.3) is 0 Å². The Morgan fingerprint density at radius 1 is 1.07 bits per heavy atom. The summed E-state index contributed by atoms with van der Waals surface area (Å²) >= 11 is 0. The Labute approximate surface area is 168 Å². The Kier molecular flexibility index (Phi) is 6.00. The van der Waals surface area contributed by atoms with Crippen LogP contribution in [0, 0.1) is 17.3 Å². The van der Waals surface area contributed by atoms with E-state index in [1.54, 1.807) is 7.11 Å². The molecule has 0 aliphatic rings. The van der Waals surface area contributed by atoms with Crippen LogP contribution in [0.2, 0.25) is 0 Å². The maximum absolute atomic E-state index is 10.5. The highest BCUT2D eigenvalue weighted by molar-refractivity contribution is 5.99. The summed E-state index contributed by atoms with van der Waals surface area (Å²) in [5.41, 5.74) is 8.77. The average Bonchev–Trinajstić information content (AvgIpc) is 2.71. The molecule has 3 aromatic carbocycles. The summed E-state index contributed by atoms with van der Waals surface area (Å²) in [6.45, 7) is 0.239. The first-order valence-corrected chi connectivity index (χ1v) is 8.98. The van der Waals surface area contributed by atoms with Gasteiger partial charge in [-0.2, -0.15) is 0 Å². The fourth-order valence-electron chi connectivity index (χ4n) is 2.99. The molecule has 0 saturated carbocycles. The molecule has 0 saturated heterocycles. The average molecular weight is 386 g/mol. The van der Waals surface area contributed by atoms with Gasteiger partial charge < -0.3 is 25.7 Å². The van der Waals surface area contributed by atoms with E-state index in [9.17, 15) is 9.90 Å². The molecule has 4 N–H and O–H groups in total. The normalized spacial score (nSPS) is 10.1. The van der Waals surface area contributed by atoms with Crippen LogP contribution in [0.5, 0.6) is 5.75 Å². The molecule has 3 aromatic rings. The third-order valence-corrected chi connectivity index (χ3v) is 4.45. The van der Waals surface area contributed by atoms with Crippen molar-refractivity contribution in [1.82, 2.24) is 5.32 Å². The number of nitrogens with two attached hydrogens (primary N) is 1. The van der Waals surface area contributed by atoms with Gasteiger partial charge >= 0.3 is 0 Å². The van der Waals surface area contributed by atoms with E-state index < -0.39 is 6.09 Å². The highest BCUT2D eigenvalue weighted by Crippen LogP contribution is 2.21. The lowest BCUT2D eigenvalue weighted by Gasteiger charge is -2.10. The summed E-state index contributed by atoms with van der Waals surface area (Å²) in [6.07, 6.45) is -0.826. The first-order valence-electron chi connectivity index (χ1n) is 8.98. The Morgan fingerprint density at radius 3 is 2.41 bits per heavy atom. The van der Waals surface area contributed by atoms with E-state index in [1.165, 1.54) is 0 Å². The molecule has 0 heterocycles. The summed E-state index contributed by atoms with van der Waals surface area (Å²) < 4.78 is 5.33. The number of amides is 1. The fraction of sp³-hybridized carbons (Fsp3) is 0.130. The van der Waals surface area contributed by atoms with Gasteiger partial charge in [0.2, 0.25) is 0 Å². The second-order valence-corrected chi connectivity index (χ2v) is 6.43. The predicted molar refractivity (Wildman–Crippen MR) is 111 cm³/mol. The maximum atomic E-state index is 10.5. The van der Waals surface area contributed by atoms with Gasteiger partial charge in [0, 0.05) is 23.2 Å². The second kappa shape index (κ2) is 8.81. The quantitative estimate of drug-likeness (QED) is 0.354. The van der Waals surface area contributed by atoms with Crippen LogP contribution >= 0.6 is 0 Å². The molecule has 0 aromatic heterocycles. The van der Waals surface area contributed by atoms with Crippen LogP contribution in [0.3, 0.4) is 0 Å². The van der Waals surface area contributed by atoms with Crippen LogP contribution in [0.15, 0.2) is 54.6 Å². The number of methoxy groups -OCH3 is 1.